The predicted octanol–water partition coefficient (Wildman–Crippen LogP) is 1.13. The van der Waals surface area contributed by atoms with Crippen molar-refractivity contribution < 1.29 is 5.11 Å². The minimum Gasteiger partial charge on any atom is -0.388 e. The van der Waals surface area contributed by atoms with Crippen LogP contribution in [0.25, 0.3) is 0 Å². The molecule has 0 radical (unpaired) electrons. The van der Waals surface area contributed by atoms with Crippen molar-refractivity contribution in [2.45, 2.75) is 12.5 Å². The van der Waals surface area contributed by atoms with Crippen LogP contribution in [-0.2, 0) is 0 Å². The molecule has 3 heteroatoms. The van der Waals surface area contributed by atoms with Gasteiger partial charge >= 0.3 is 0 Å². The number of para-hydroxylation sites is 1. The average molecular weight is 194 g/mol. The van der Waals surface area contributed by atoms with Gasteiger partial charge in [0.15, 0.2) is 0 Å². The van der Waals surface area contributed by atoms with Gasteiger partial charge in [-0.05, 0) is 19.0 Å². The van der Waals surface area contributed by atoms with Crippen molar-refractivity contribution in [2.24, 2.45) is 5.73 Å². The first-order valence-electron chi connectivity index (χ1n) is 4.81. The van der Waals surface area contributed by atoms with E-state index in [1.54, 1.807) is 0 Å². The Morgan fingerprint density at radius 3 is 2.57 bits per heavy atom. The molecule has 3 nitrogen and oxygen atoms in total. The molecule has 0 aliphatic carbocycles. The average Bonchev–Trinajstić information content (AvgIpc) is 2.18. The molecule has 0 bridgehead atoms. The third kappa shape index (κ3) is 2.47. The van der Waals surface area contributed by atoms with Crippen LogP contribution in [0.1, 0.15) is 18.1 Å². The Balaban J connectivity index is 2.94. The minimum absolute atomic E-state index is 0.460. The van der Waals surface area contributed by atoms with Crippen molar-refractivity contribution in [1.82, 2.24) is 0 Å². The Bertz CT molecular complexity index is 286. The van der Waals surface area contributed by atoms with Crippen molar-refractivity contribution in [3.05, 3.63) is 29.8 Å². The molecule has 0 saturated carbocycles. The van der Waals surface area contributed by atoms with Crippen molar-refractivity contribution >= 4 is 5.69 Å². The second kappa shape index (κ2) is 4.98. The molecule has 0 aliphatic rings. The molecule has 1 aromatic carbocycles. The van der Waals surface area contributed by atoms with Crippen LogP contribution < -0.4 is 10.6 Å². The molecule has 0 fully saturated rings. The molecule has 1 atom stereocenters. The third-order valence-corrected chi connectivity index (χ3v) is 2.22. The van der Waals surface area contributed by atoms with Crippen LogP contribution in [-0.4, -0.2) is 25.7 Å². The van der Waals surface area contributed by atoms with Crippen LogP contribution >= 0.6 is 0 Å². The number of rotatable bonds is 4. The fourth-order valence-corrected chi connectivity index (χ4v) is 1.49. The summed E-state index contributed by atoms with van der Waals surface area (Å²) in [5, 5.41) is 9.84. The Morgan fingerprint density at radius 2 is 2.00 bits per heavy atom. The van der Waals surface area contributed by atoms with Crippen molar-refractivity contribution in [2.75, 3.05) is 25.5 Å². The van der Waals surface area contributed by atoms with E-state index in [1.165, 1.54) is 0 Å². The van der Waals surface area contributed by atoms with E-state index < -0.39 is 6.10 Å². The first kappa shape index (κ1) is 11.0. The number of nitrogens with zero attached hydrogens (tertiary/aromatic N) is 1. The summed E-state index contributed by atoms with van der Waals surface area (Å²) in [7, 11) is 3.93. The summed E-state index contributed by atoms with van der Waals surface area (Å²) < 4.78 is 0. The van der Waals surface area contributed by atoms with Crippen molar-refractivity contribution in [3.8, 4) is 0 Å². The van der Waals surface area contributed by atoms with E-state index in [0.29, 0.717) is 13.0 Å². The molecule has 3 N–H and O–H groups in total. The quantitative estimate of drug-likeness (QED) is 0.755. The molecule has 0 spiro atoms. The smallest absolute Gasteiger partial charge is 0.0822 e. The number of aliphatic hydroxyl groups is 1. The Hall–Kier alpha value is -1.06. The molecule has 14 heavy (non-hydrogen) atoms. The van der Waals surface area contributed by atoms with Gasteiger partial charge in [-0.25, -0.2) is 0 Å². The number of nitrogens with two attached hydrogens (primary N) is 1. The second-order valence-corrected chi connectivity index (χ2v) is 3.55. The second-order valence-electron chi connectivity index (χ2n) is 3.55. The fourth-order valence-electron chi connectivity index (χ4n) is 1.49. The highest BCUT2D eigenvalue weighted by Gasteiger charge is 2.11. The van der Waals surface area contributed by atoms with Crippen molar-refractivity contribution in [3.63, 3.8) is 0 Å². The van der Waals surface area contributed by atoms with E-state index in [-0.39, 0.29) is 0 Å². The maximum Gasteiger partial charge on any atom is 0.0822 e. The van der Waals surface area contributed by atoms with Gasteiger partial charge in [0.2, 0.25) is 0 Å². The highest BCUT2D eigenvalue weighted by atomic mass is 16.3. The van der Waals surface area contributed by atoms with Crippen LogP contribution in [0.4, 0.5) is 5.69 Å². The highest BCUT2D eigenvalue weighted by molar-refractivity contribution is 5.53. The van der Waals surface area contributed by atoms with Gasteiger partial charge in [0.1, 0.15) is 0 Å². The van der Waals surface area contributed by atoms with Gasteiger partial charge in [-0.2, -0.15) is 0 Å². The summed E-state index contributed by atoms with van der Waals surface area (Å²) in [4.78, 5) is 2.00. The monoisotopic (exact) mass is 194 g/mol. The molecule has 1 rings (SSSR count). The van der Waals surface area contributed by atoms with Crippen LogP contribution in [0.5, 0.6) is 0 Å². The van der Waals surface area contributed by atoms with Gasteiger partial charge in [0.05, 0.1) is 6.10 Å². The number of hydrogen-bond donors (Lipinski definition) is 2. The lowest BCUT2D eigenvalue weighted by Crippen LogP contribution is -2.14. The molecular formula is C11H18N2O. The maximum atomic E-state index is 9.84. The lowest BCUT2D eigenvalue weighted by atomic mass is 10.0. The lowest BCUT2D eigenvalue weighted by molar-refractivity contribution is 0.171. The largest absolute Gasteiger partial charge is 0.388 e. The molecule has 0 amide bonds. The molecule has 0 aliphatic heterocycles. The summed E-state index contributed by atoms with van der Waals surface area (Å²) in [6, 6.07) is 7.83. The van der Waals surface area contributed by atoms with Gasteiger partial charge in [0, 0.05) is 25.3 Å². The van der Waals surface area contributed by atoms with Gasteiger partial charge in [-0.3, -0.25) is 0 Å². The SMILES string of the molecule is CN(C)c1ccccc1C(O)CCN. The molecule has 1 unspecified atom stereocenters. The summed E-state index contributed by atoms with van der Waals surface area (Å²) in [5.74, 6) is 0. The van der Waals surface area contributed by atoms with Gasteiger partial charge in [0.25, 0.3) is 0 Å². The summed E-state index contributed by atoms with van der Waals surface area (Å²) >= 11 is 0. The number of hydrogen-bond acceptors (Lipinski definition) is 3. The molecule has 0 aromatic heterocycles. The molecule has 78 valence electrons. The van der Waals surface area contributed by atoms with E-state index >= 15 is 0 Å². The Labute approximate surface area is 85.2 Å². The van der Waals surface area contributed by atoms with E-state index in [9.17, 15) is 5.11 Å². The topological polar surface area (TPSA) is 49.5 Å². The summed E-state index contributed by atoms with van der Waals surface area (Å²) in [5.41, 5.74) is 7.42. The normalized spacial score (nSPS) is 12.6. The Morgan fingerprint density at radius 1 is 1.36 bits per heavy atom. The third-order valence-electron chi connectivity index (χ3n) is 2.22. The van der Waals surface area contributed by atoms with E-state index in [0.717, 1.165) is 11.3 Å². The van der Waals surface area contributed by atoms with Gasteiger partial charge in [-0.1, -0.05) is 18.2 Å². The van der Waals surface area contributed by atoms with Crippen LogP contribution in [0.2, 0.25) is 0 Å². The highest BCUT2D eigenvalue weighted by Crippen LogP contribution is 2.26. The molecular weight excluding hydrogens is 176 g/mol. The van der Waals surface area contributed by atoms with Crippen molar-refractivity contribution in [1.29, 1.82) is 0 Å². The van der Waals surface area contributed by atoms with E-state index in [1.807, 2.05) is 43.3 Å². The standard InChI is InChI=1S/C11H18N2O/c1-13(2)10-6-4-3-5-9(10)11(14)7-8-12/h3-6,11,14H,7-8,12H2,1-2H3. The zero-order valence-electron chi connectivity index (χ0n) is 8.77. The molecule has 0 saturated heterocycles. The van der Waals surface area contributed by atoms with E-state index in [4.69, 9.17) is 5.73 Å². The molecule has 1 aromatic rings. The summed E-state index contributed by atoms with van der Waals surface area (Å²) in [6.45, 7) is 0.503. The Kier molecular flexibility index (Phi) is 3.92. The van der Waals surface area contributed by atoms with Gasteiger partial charge < -0.3 is 15.7 Å². The number of benzene rings is 1. The van der Waals surface area contributed by atoms with Crippen LogP contribution in [0.15, 0.2) is 24.3 Å². The number of anilines is 1. The zero-order valence-corrected chi connectivity index (χ0v) is 8.77. The van der Waals surface area contributed by atoms with E-state index in [2.05, 4.69) is 0 Å². The first-order valence-corrected chi connectivity index (χ1v) is 4.81. The first-order chi connectivity index (χ1) is 6.66. The van der Waals surface area contributed by atoms with Gasteiger partial charge in [-0.15, -0.1) is 0 Å². The van der Waals surface area contributed by atoms with Crippen LogP contribution in [0.3, 0.4) is 0 Å². The predicted molar refractivity (Wildman–Crippen MR) is 59.4 cm³/mol. The minimum atomic E-state index is -0.460. The van der Waals surface area contributed by atoms with Crippen LogP contribution in [0, 0.1) is 0 Å². The molecule has 0 heterocycles. The lowest BCUT2D eigenvalue weighted by Gasteiger charge is -2.20. The zero-order chi connectivity index (χ0) is 10.6. The fraction of sp³-hybridized carbons (Fsp3) is 0.455. The number of aliphatic hydroxyl groups excluding tert-OH is 1. The maximum absolute atomic E-state index is 9.84. The summed E-state index contributed by atoms with van der Waals surface area (Å²) in [6.07, 6.45) is 0.142.